The third-order valence-corrected chi connectivity index (χ3v) is 10.2. The predicted octanol–water partition coefficient (Wildman–Crippen LogP) is 13.6. The van der Waals surface area contributed by atoms with Crippen molar-refractivity contribution < 1.29 is 0 Å². The van der Waals surface area contributed by atoms with Crippen molar-refractivity contribution in [2.45, 2.75) is 0 Å². The minimum Gasteiger partial charge on any atom is -0.0622 e. The van der Waals surface area contributed by atoms with E-state index in [1.54, 1.807) is 0 Å². The van der Waals surface area contributed by atoms with E-state index in [2.05, 4.69) is 182 Å². The molecule has 10 aromatic carbocycles. The highest BCUT2D eigenvalue weighted by Crippen LogP contribution is 2.45. The molecule has 0 aromatic heterocycles. The third kappa shape index (κ3) is 4.16. The molecule has 10 rings (SSSR count). The molecule has 0 heterocycles. The Bertz CT molecular complexity index is 2700. The molecule has 0 atom stereocenters. The van der Waals surface area contributed by atoms with Gasteiger partial charge in [-0.05, 0) is 128 Å². The molecule has 48 heavy (non-hydrogen) atoms. The van der Waals surface area contributed by atoms with Gasteiger partial charge in [-0.2, -0.15) is 0 Å². The molecule has 0 bridgehead atoms. The topological polar surface area (TPSA) is 0 Å². The molecule has 0 N–H and O–H groups in total. The van der Waals surface area contributed by atoms with Crippen LogP contribution < -0.4 is 0 Å². The van der Waals surface area contributed by atoms with Crippen molar-refractivity contribution in [3.8, 4) is 33.4 Å². The lowest BCUT2D eigenvalue weighted by Gasteiger charge is -2.19. The lowest BCUT2D eigenvalue weighted by Crippen LogP contribution is -1.92. The summed E-state index contributed by atoms with van der Waals surface area (Å²) in [6.07, 6.45) is 0. The van der Waals surface area contributed by atoms with Gasteiger partial charge in [-0.25, -0.2) is 0 Å². The molecule has 0 fully saturated rings. The van der Waals surface area contributed by atoms with Gasteiger partial charge in [0.2, 0.25) is 0 Å². The average molecular weight is 607 g/mol. The van der Waals surface area contributed by atoms with Crippen LogP contribution in [0.4, 0.5) is 0 Å². The number of fused-ring (bicyclic) bond motifs is 8. The SMILES string of the molecule is c1ccc(-c2cc(-c3c4ccccc4cc4c3ccc3ccccc34)cc(-c3c4ccccc4cc4c3ccc3ccccc34)c2)cc1. The third-order valence-electron chi connectivity index (χ3n) is 10.2. The van der Waals surface area contributed by atoms with Crippen LogP contribution >= 0.6 is 0 Å². The Balaban J connectivity index is 1.37. The molecule has 0 aliphatic carbocycles. The molecule has 0 amide bonds. The van der Waals surface area contributed by atoms with Gasteiger partial charge in [0.1, 0.15) is 0 Å². The maximum absolute atomic E-state index is 2.44. The predicted molar refractivity (Wildman–Crippen MR) is 208 cm³/mol. The van der Waals surface area contributed by atoms with Crippen molar-refractivity contribution in [2.24, 2.45) is 0 Å². The van der Waals surface area contributed by atoms with Crippen molar-refractivity contribution in [3.05, 3.63) is 182 Å². The van der Waals surface area contributed by atoms with E-state index in [9.17, 15) is 0 Å². The molecule has 0 spiro atoms. The Labute approximate surface area is 279 Å². The van der Waals surface area contributed by atoms with Crippen LogP contribution in [0.2, 0.25) is 0 Å². The zero-order valence-electron chi connectivity index (χ0n) is 26.3. The van der Waals surface area contributed by atoms with Crippen LogP contribution in [0.5, 0.6) is 0 Å². The van der Waals surface area contributed by atoms with Gasteiger partial charge in [0.15, 0.2) is 0 Å². The van der Waals surface area contributed by atoms with Gasteiger partial charge in [-0.1, -0.05) is 152 Å². The van der Waals surface area contributed by atoms with E-state index in [1.807, 2.05) is 0 Å². The van der Waals surface area contributed by atoms with Gasteiger partial charge in [0, 0.05) is 0 Å². The summed E-state index contributed by atoms with van der Waals surface area (Å²) >= 11 is 0. The van der Waals surface area contributed by atoms with Crippen molar-refractivity contribution in [2.75, 3.05) is 0 Å². The van der Waals surface area contributed by atoms with E-state index < -0.39 is 0 Å². The summed E-state index contributed by atoms with van der Waals surface area (Å²) in [6, 6.07) is 67.3. The standard InChI is InChI=1S/C48H30/c1-2-12-31(13-3-1)36-26-37(47-41-20-10-6-16-34(41)29-45-39-18-8-4-14-32(39)22-24-43(45)47)28-38(27-36)48-42-21-11-7-17-35(42)30-46-40-19-9-5-15-33(40)23-25-44(46)48/h1-30H. The second-order valence-corrected chi connectivity index (χ2v) is 12.9. The molecule has 222 valence electrons. The second kappa shape index (κ2) is 10.7. The summed E-state index contributed by atoms with van der Waals surface area (Å²) in [6.45, 7) is 0. The monoisotopic (exact) mass is 606 g/mol. The van der Waals surface area contributed by atoms with Crippen molar-refractivity contribution >= 4 is 64.6 Å². The molecular formula is C48H30. The summed E-state index contributed by atoms with van der Waals surface area (Å²) in [7, 11) is 0. The van der Waals surface area contributed by atoms with Crippen molar-refractivity contribution in [3.63, 3.8) is 0 Å². The van der Waals surface area contributed by atoms with Gasteiger partial charge in [0.05, 0.1) is 0 Å². The number of hydrogen-bond donors (Lipinski definition) is 0. The summed E-state index contributed by atoms with van der Waals surface area (Å²) in [5, 5.41) is 15.3. The minimum atomic E-state index is 1.21. The van der Waals surface area contributed by atoms with E-state index in [0.717, 1.165) is 0 Å². The van der Waals surface area contributed by atoms with Gasteiger partial charge in [0.25, 0.3) is 0 Å². The molecule has 0 nitrogen and oxygen atoms in total. The van der Waals surface area contributed by atoms with E-state index in [0.29, 0.717) is 0 Å². The fourth-order valence-corrected chi connectivity index (χ4v) is 7.98. The van der Waals surface area contributed by atoms with Crippen LogP contribution in [0.25, 0.3) is 98.0 Å². The quantitative estimate of drug-likeness (QED) is 0.139. The lowest BCUT2D eigenvalue weighted by molar-refractivity contribution is 1.60. The molecule has 0 aliphatic rings. The van der Waals surface area contributed by atoms with Crippen molar-refractivity contribution in [1.82, 2.24) is 0 Å². The Morgan fingerprint density at radius 2 is 0.583 bits per heavy atom. The second-order valence-electron chi connectivity index (χ2n) is 12.9. The fraction of sp³-hybridized carbons (Fsp3) is 0. The zero-order chi connectivity index (χ0) is 31.6. The molecule has 0 heteroatoms. The molecule has 10 aromatic rings. The smallest absolute Gasteiger partial charge is 0.00262 e. The Morgan fingerprint density at radius 3 is 1.08 bits per heavy atom. The van der Waals surface area contributed by atoms with Crippen LogP contribution in [0.3, 0.4) is 0 Å². The number of hydrogen-bond acceptors (Lipinski definition) is 0. The first-order valence-corrected chi connectivity index (χ1v) is 16.7. The van der Waals surface area contributed by atoms with Crippen LogP contribution in [0, 0.1) is 0 Å². The maximum Gasteiger partial charge on any atom is -0.00262 e. The molecule has 0 unspecified atom stereocenters. The molecule has 0 aliphatic heterocycles. The molecule has 0 radical (unpaired) electrons. The summed E-state index contributed by atoms with van der Waals surface area (Å²) in [5.41, 5.74) is 7.44. The summed E-state index contributed by atoms with van der Waals surface area (Å²) in [5.74, 6) is 0. The highest BCUT2D eigenvalue weighted by molar-refractivity contribution is 6.22. The Morgan fingerprint density at radius 1 is 0.188 bits per heavy atom. The highest BCUT2D eigenvalue weighted by atomic mass is 14.2. The number of benzene rings is 10. The fourth-order valence-electron chi connectivity index (χ4n) is 7.98. The van der Waals surface area contributed by atoms with Crippen LogP contribution in [-0.4, -0.2) is 0 Å². The van der Waals surface area contributed by atoms with E-state index in [4.69, 9.17) is 0 Å². The molecule has 0 saturated carbocycles. The lowest BCUT2D eigenvalue weighted by atomic mass is 9.85. The first-order valence-electron chi connectivity index (χ1n) is 16.7. The average Bonchev–Trinajstić information content (AvgIpc) is 3.16. The zero-order valence-corrected chi connectivity index (χ0v) is 26.3. The van der Waals surface area contributed by atoms with Crippen LogP contribution in [0.1, 0.15) is 0 Å². The summed E-state index contributed by atoms with van der Waals surface area (Å²) < 4.78 is 0. The first kappa shape index (κ1) is 26.9. The highest BCUT2D eigenvalue weighted by Gasteiger charge is 2.18. The van der Waals surface area contributed by atoms with Gasteiger partial charge in [-0.15, -0.1) is 0 Å². The van der Waals surface area contributed by atoms with Crippen molar-refractivity contribution in [1.29, 1.82) is 0 Å². The summed E-state index contributed by atoms with van der Waals surface area (Å²) in [4.78, 5) is 0. The van der Waals surface area contributed by atoms with E-state index in [-0.39, 0.29) is 0 Å². The minimum absolute atomic E-state index is 1.21. The molecule has 0 saturated heterocycles. The Kier molecular flexibility index (Phi) is 5.98. The maximum atomic E-state index is 2.44. The largest absolute Gasteiger partial charge is 0.0622 e. The van der Waals surface area contributed by atoms with Crippen LogP contribution in [0.15, 0.2) is 182 Å². The van der Waals surface area contributed by atoms with Gasteiger partial charge in [-0.3, -0.25) is 0 Å². The van der Waals surface area contributed by atoms with E-state index >= 15 is 0 Å². The Hall–Kier alpha value is -6.24. The molecular weight excluding hydrogens is 577 g/mol. The number of rotatable bonds is 3. The normalized spacial score (nSPS) is 11.8. The van der Waals surface area contributed by atoms with Gasteiger partial charge < -0.3 is 0 Å². The van der Waals surface area contributed by atoms with Crippen LogP contribution in [-0.2, 0) is 0 Å². The van der Waals surface area contributed by atoms with Gasteiger partial charge >= 0.3 is 0 Å². The first-order chi connectivity index (χ1) is 23.8. The van der Waals surface area contributed by atoms with E-state index in [1.165, 1.54) is 98.0 Å².